The third-order valence-electron chi connectivity index (χ3n) is 4.72. The summed E-state index contributed by atoms with van der Waals surface area (Å²) in [5.41, 5.74) is 7.97. The van der Waals surface area contributed by atoms with Gasteiger partial charge in [-0.1, -0.05) is 24.1 Å². The van der Waals surface area contributed by atoms with Crippen molar-refractivity contribution in [2.75, 3.05) is 11.4 Å². The number of hydrogen-bond donors (Lipinski definition) is 0. The van der Waals surface area contributed by atoms with Crippen LogP contribution in [0.2, 0.25) is 0 Å². The van der Waals surface area contributed by atoms with E-state index >= 15 is 0 Å². The zero-order valence-electron chi connectivity index (χ0n) is 18.6. The van der Waals surface area contributed by atoms with Crippen LogP contribution in [0.4, 0.5) is 5.69 Å². The van der Waals surface area contributed by atoms with Crippen molar-refractivity contribution in [1.82, 2.24) is 4.98 Å². The quantitative estimate of drug-likeness (QED) is 0.246. The molecule has 1 saturated heterocycles. The summed E-state index contributed by atoms with van der Waals surface area (Å²) in [6.07, 6.45) is 6.10. The Morgan fingerprint density at radius 3 is 1.97 bits per heavy atom. The topological polar surface area (TPSA) is 16.1 Å². The Hall–Kier alpha value is -1.54. The van der Waals surface area contributed by atoms with E-state index in [-0.39, 0.29) is 0 Å². The van der Waals surface area contributed by atoms with Crippen LogP contribution >= 0.6 is 19.4 Å². The van der Waals surface area contributed by atoms with Gasteiger partial charge in [0.05, 0.1) is 0 Å². The summed E-state index contributed by atoms with van der Waals surface area (Å²) in [6.45, 7) is 12.1. The molecule has 1 aromatic heterocycles. The van der Waals surface area contributed by atoms with E-state index in [9.17, 15) is 0 Å². The van der Waals surface area contributed by atoms with Crippen LogP contribution in [-0.4, -0.2) is 16.1 Å². The van der Waals surface area contributed by atoms with Gasteiger partial charge < -0.3 is 4.90 Å². The van der Waals surface area contributed by atoms with E-state index in [0.29, 0.717) is 0 Å². The summed E-state index contributed by atoms with van der Waals surface area (Å²) in [5, 5.41) is 0. The van der Waals surface area contributed by atoms with Crippen LogP contribution in [0.15, 0.2) is 67.0 Å². The molecule has 3 aromatic rings. The first-order chi connectivity index (χ1) is 14.9. The molecule has 31 heavy (non-hydrogen) atoms. The van der Waals surface area contributed by atoms with Crippen LogP contribution in [0.3, 0.4) is 0 Å². The maximum absolute atomic E-state index is 5.67. The molecule has 0 spiro atoms. The first-order valence-electron chi connectivity index (χ1n) is 10.3. The standard InChI is InChI=1S/C13H18N.C7H6.C6H7N.2ClH.Ru/c1-10-8-11(2)13(12(3)9-10)14-6-4-5-7-14;1-7-5-3-2-4-6-7;1-6-2-4-7-5-3-6;;;/h6,8-9H,4-5,7H2,1-3H3;1-6H;2-5H,1H3;2*1H;/q-1;;;;;+2/p-2. The first-order valence-corrected chi connectivity index (χ1v) is 15.8. The Balaban J connectivity index is 0.000000176. The summed E-state index contributed by atoms with van der Waals surface area (Å²) >= 11 is -1.61. The van der Waals surface area contributed by atoms with Crippen molar-refractivity contribution in [3.8, 4) is 0 Å². The van der Waals surface area contributed by atoms with Crippen molar-refractivity contribution in [2.24, 2.45) is 0 Å². The van der Waals surface area contributed by atoms with E-state index in [1.807, 2.05) is 54.0 Å². The van der Waals surface area contributed by atoms with Gasteiger partial charge in [-0.25, -0.2) is 6.54 Å². The predicted octanol–water partition coefficient (Wildman–Crippen LogP) is 7.53. The molecule has 0 saturated carbocycles. The second-order valence-corrected chi connectivity index (χ2v) is 13.2. The van der Waals surface area contributed by atoms with E-state index in [0.717, 1.165) is 5.56 Å². The molecule has 0 unspecified atom stereocenters. The molecule has 168 valence electrons. The number of anilines is 1. The fourth-order valence-electron chi connectivity index (χ4n) is 3.47. The molecule has 1 fully saturated rings. The van der Waals surface area contributed by atoms with E-state index < -0.39 is 13.5 Å². The summed E-state index contributed by atoms with van der Waals surface area (Å²) in [5.74, 6) is 0. The molecule has 1 aliphatic rings. The molecule has 0 aliphatic carbocycles. The van der Waals surface area contributed by atoms with Gasteiger partial charge in [-0.3, -0.25) is 4.98 Å². The number of aryl methyl sites for hydroxylation is 4. The van der Waals surface area contributed by atoms with Crippen LogP contribution in [0.25, 0.3) is 0 Å². The van der Waals surface area contributed by atoms with Crippen molar-refractivity contribution < 1.29 is 13.5 Å². The number of halogens is 2. The number of hydrogen-bond acceptors (Lipinski definition) is 2. The molecule has 5 heteroatoms. The SMILES string of the molecule is Cc1cc(C)c(N2[CH-]CCC2)c(C)c1.Cc1ccncc1.[Cl][Ru]([Cl])=[CH]c1ccccc1. The van der Waals surface area contributed by atoms with Gasteiger partial charge in [-0.05, 0) is 63.1 Å². The molecule has 0 N–H and O–H groups in total. The third-order valence-corrected chi connectivity index (χ3v) is 6.59. The molecule has 2 nitrogen and oxygen atoms in total. The maximum atomic E-state index is 5.67. The minimum absolute atomic E-state index is 1.12. The van der Waals surface area contributed by atoms with Crippen molar-refractivity contribution in [3.63, 3.8) is 0 Å². The number of benzene rings is 2. The van der Waals surface area contributed by atoms with Crippen LogP contribution in [0.5, 0.6) is 0 Å². The van der Waals surface area contributed by atoms with Gasteiger partial charge in [0.25, 0.3) is 0 Å². The summed E-state index contributed by atoms with van der Waals surface area (Å²) in [6, 6.07) is 18.4. The van der Waals surface area contributed by atoms with Crippen LogP contribution < -0.4 is 4.90 Å². The second-order valence-electron chi connectivity index (χ2n) is 7.51. The third kappa shape index (κ3) is 9.64. The van der Waals surface area contributed by atoms with Gasteiger partial charge in [0.2, 0.25) is 0 Å². The van der Waals surface area contributed by atoms with Crippen molar-refractivity contribution >= 4 is 29.7 Å². The van der Waals surface area contributed by atoms with Crippen molar-refractivity contribution in [2.45, 2.75) is 40.5 Å². The average molecular weight is 544 g/mol. The molecule has 2 heterocycles. The van der Waals surface area contributed by atoms with Crippen LogP contribution in [-0.2, 0) is 13.5 Å². The molecule has 0 amide bonds. The number of pyridine rings is 1. The number of rotatable bonds is 2. The fourth-order valence-corrected chi connectivity index (χ4v) is 5.29. The average Bonchev–Trinajstić information content (AvgIpc) is 3.23. The molecule has 1 aliphatic heterocycles. The van der Waals surface area contributed by atoms with Crippen molar-refractivity contribution in [3.05, 3.63) is 101 Å². The normalized spacial score (nSPS) is 12.8. The number of aromatic nitrogens is 1. The molecular weight excluding hydrogens is 512 g/mol. The molecule has 0 bridgehead atoms. The predicted molar refractivity (Wildman–Crippen MR) is 134 cm³/mol. The molecule has 2 aromatic carbocycles. The van der Waals surface area contributed by atoms with Crippen LogP contribution in [0, 0.1) is 34.2 Å². The van der Waals surface area contributed by atoms with E-state index in [2.05, 4.69) is 49.3 Å². The van der Waals surface area contributed by atoms with Gasteiger partial charge in [-0.2, -0.15) is 6.42 Å². The molecule has 4 rings (SSSR count). The Kier molecular flexibility index (Phi) is 11.4. The Morgan fingerprint density at radius 1 is 0.903 bits per heavy atom. The Labute approximate surface area is 200 Å². The fraction of sp³-hybridized carbons (Fsp3) is 0.269. The van der Waals surface area contributed by atoms with Gasteiger partial charge in [0.1, 0.15) is 0 Å². The van der Waals surface area contributed by atoms with Gasteiger partial charge in [0, 0.05) is 18.1 Å². The molecule has 0 radical (unpaired) electrons. The van der Waals surface area contributed by atoms with Crippen LogP contribution in [0.1, 0.15) is 40.7 Å². The van der Waals surface area contributed by atoms with Crippen molar-refractivity contribution in [1.29, 1.82) is 0 Å². The molecular formula is C26H31Cl2N2Ru-. The molecule has 0 atom stereocenters. The van der Waals surface area contributed by atoms with E-state index in [1.54, 1.807) is 12.4 Å². The Bertz CT molecular complexity index is 927. The van der Waals surface area contributed by atoms with Gasteiger partial charge in [0.15, 0.2) is 0 Å². The number of nitrogens with zero attached hydrogens (tertiary/aromatic N) is 2. The summed E-state index contributed by atoms with van der Waals surface area (Å²) < 4.78 is 1.92. The summed E-state index contributed by atoms with van der Waals surface area (Å²) in [7, 11) is 11.3. The van der Waals surface area contributed by atoms with Gasteiger partial charge in [-0.15, -0.1) is 0 Å². The zero-order valence-corrected chi connectivity index (χ0v) is 21.9. The minimum atomic E-state index is -1.61. The Morgan fingerprint density at radius 2 is 1.52 bits per heavy atom. The second kappa shape index (κ2) is 13.8. The van der Waals surface area contributed by atoms with E-state index in [1.165, 1.54) is 47.3 Å². The van der Waals surface area contributed by atoms with E-state index in [4.69, 9.17) is 19.4 Å². The zero-order chi connectivity index (χ0) is 22.6. The summed E-state index contributed by atoms with van der Waals surface area (Å²) in [4.78, 5) is 6.25. The first kappa shape index (κ1) is 25.7. The monoisotopic (exact) mass is 543 g/mol. The van der Waals surface area contributed by atoms with Gasteiger partial charge >= 0.3 is 73.4 Å².